The van der Waals surface area contributed by atoms with Crippen LogP contribution in [-0.4, -0.2) is 24.2 Å². The van der Waals surface area contributed by atoms with E-state index in [-0.39, 0.29) is 11.5 Å². The fourth-order valence-corrected chi connectivity index (χ4v) is 1.67. The van der Waals surface area contributed by atoms with Crippen LogP contribution in [-0.2, 0) is 10.2 Å². The quantitative estimate of drug-likeness (QED) is 0.725. The molecular weight excluding hydrogens is 164 g/mol. The largest absolute Gasteiger partial charge is 0.379 e. The van der Waals surface area contributed by atoms with Gasteiger partial charge in [-0.05, 0) is 18.6 Å². The highest BCUT2D eigenvalue weighted by molar-refractivity contribution is 5.27. The smallest absolute Gasteiger partial charge is 0.0601 e. The Morgan fingerprint density at radius 2 is 2.38 bits per heavy atom. The molecule has 1 aliphatic rings. The van der Waals surface area contributed by atoms with Gasteiger partial charge in [-0.2, -0.15) is 0 Å². The standard InChI is InChI=1S/C10H14N2O/c1-8(11)10(6-13-7-10)9-3-2-4-12-5-9/h2-5,8H,6-7,11H2,1H3. The Morgan fingerprint density at radius 1 is 1.62 bits per heavy atom. The van der Waals surface area contributed by atoms with Gasteiger partial charge in [0, 0.05) is 18.4 Å². The van der Waals surface area contributed by atoms with Gasteiger partial charge in [0.15, 0.2) is 0 Å². The van der Waals surface area contributed by atoms with Gasteiger partial charge in [-0.15, -0.1) is 0 Å². The van der Waals surface area contributed by atoms with E-state index in [9.17, 15) is 0 Å². The Kier molecular flexibility index (Phi) is 2.06. The summed E-state index contributed by atoms with van der Waals surface area (Å²) in [4.78, 5) is 4.10. The second-order valence-corrected chi connectivity index (χ2v) is 3.68. The molecule has 1 aliphatic heterocycles. The van der Waals surface area contributed by atoms with E-state index in [0.717, 1.165) is 13.2 Å². The molecule has 0 aliphatic carbocycles. The average molecular weight is 178 g/mol. The monoisotopic (exact) mass is 178 g/mol. The summed E-state index contributed by atoms with van der Waals surface area (Å²) >= 11 is 0. The van der Waals surface area contributed by atoms with Crippen molar-refractivity contribution >= 4 is 0 Å². The summed E-state index contributed by atoms with van der Waals surface area (Å²) in [6.07, 6.45) is 3.66. The predicted molar refractivity (Wildman–Crippen MR) is 50.4 cm³/mol. The molecule has 0 aromatic carbocycles. The van der Waals surface area contributed by atoms with E-state index in [1.165, 1.54) is 5.56 Å². The molecule has 1 fully saturated rings. The molecule has 1 aromatic rings. The number of nitrogens with two attached hydrogens (primary N) is 1. The van der Waals surface area contributed by atoms with Crippen LogP contribution in [0.3, 0.4) is 0 Å². The van der Waals surface area contributed by atoms with Crippen LogP contribution >= 0.6 is 0 Å². The van der Waals surface area contributed by atoms with Gasteiger partial charge in [-0.25, -0.2) is 0 Å². The second kappa shape index (κ2) is 3.09. The van der Waals surface area contributed by atoms with Crippen LogP contribution in [0.4, 0.5) is 0 Å². The zero-order chi connectivity index (χ0) is 9.31. The van der Waals surface area contributed by atoms with Crippen molar-refractivity contribution in [1.29, 1.82) is 0 Å². The minimum Gasteiger partial charge on any atom is -0.379 e. The van der Waals surface area contributed by atoms with Crippen molar-refractivity contribution in [3.05, 3.63) is 30.1 Å². The van der Waals surface area contributed by atoms with Gasteiger partial charge in [0.05, 0.1) is 18.6 Å². The first-order valence-corrected chi connectivity index (χ1v) is 4.49. The Morgan fingerprint density at radius 3 is 2.77 bits per heavy atom. The van der Waals surface area contributed by atoms with Crippen molar-refractivity contribution in [3.8, 4) is 0 Å². The number of hydrogen-bond acceptors (Lipinski definition) is 3. The number of hydrogen-bond donors (Lipinski definition) is 1. The summed E-state index contributed by atoms with van der Waals surface area (Å²) in [5.74, 6) is 0. The molecule has 0 bridgehead atoms. The van der Waals surface area contributed by atoms with Gasteiger partial charge in [0.25, 0.3) is 0 Å². The number of nitrogens with zero attached hydrogens (tertiary/aromatic N) is 1. The molecule has 1 unspecified atom stereocenters. The maximum absolute atomic E-state index is 5.96. The first-order valence-electron chi connectivity index (χ1n) is 4.49. The average Bonchev–Trinajstić information content (AvgIpc) is 2.03. The van der Waals surface area contributed by atoms with Crippen LogP contribution in [0.25, 0.3) is 0 Å². The molecule has 0 radical (unpaired) electrons. The topological polar surface area (TPSA) is 48.1 Å². The van der Waals surface area contributed by atoms with Crippen molar-refractivity contribution in [3.63, 3.8) is 0 Å². The Balaban J connectivity index is 2.32. The summed E-state index contributed by atoms with van der Waals surface area (Å²) in [5.41, 5.74) is 7.16. The van der Waals surface area contributed by atoms with Gasteiger partial charge < -0.3 is 10.5 Å². The predicted octanol–water partition coefficient (Wildman–Crippen LogP) is 0.697. The fourth-order valence-electron chi connectivity index (χ4n) is 1.67. The lowest BCUT2D eigenvalue weighted by molar-refractivity contribution is -0.0703. The molecule has 0 saturated carbocycles. The van der Waals surface area contributed by atoms with Crippen molar-refractivity contribution < 1.29 is 4.74 Å². The van der Waals surface area contributed by atoms with Crippen molar-refractivity contribution in [2.45, 2.75) is 18.4 Å². The zero-order valence-electron chi connectivity index (χ0n) is 7.73. The first-order chi connectivity index (χ1) is 6.26. The molecule has 1 atom stereocenters. The minimum absolute atomic E-state index is 0.00819. The first kappa shape index (κ1) is 8.66. The van der Waals surface area contributed by atoms with E-state index in [1.54, 1.807) is 6.20 Å². The number of ether oxygens (including phenoxy) is 1. The molecule has 70 valence electrons. The van der Waals surface area contributed by atoms with E-state index in [0.29, 0.717) is 0 Å². The second-order valence-electron chi connectivity index (χ2n) is 3.68. The summed E-state index contributed by atoms with van der Waals surface area (Å²) in [7, 11) is 0. The normalized spacial score (nSPS) is 22.0. The molecule has 0 spiro atoms. The van der Waals surface area contributed by atoms with Crippen LogP contribution < -0.4 is 5.73 Å². The van der Waals surface area contributed by atoms with Crippen LogP contribution in [0.1, 0.15) is 12.5 Å². The number of rotatable bonds is 2. The van der Waals surface area contributed by atoms with Gasteiger partial charge in [-0.1, -0.05) is 6.07 Å². The lowest BCUT2D eigenvalue weighted by Crippen LogP contribution is -2.57. The highest BCUT2D eigenvalue weighted by atomic mass is 16.5. The molecule has 13 heavy (non-hydrogen) atoms. The molecule has 1 aromatic heterocycles. The molecule has 0 amide bonds. The Bertz CT molecular complexity index is 280. The highest BCUT2D eigenvalue weighted by Gasteiger charge is 2.43. The maximum atomic E-state index is 5.96. The minimum atomic E-state index is 0.00819. The third-order valence-corrected chi connectivity index (χ3v) is 2.83. The SMILES string of the molecule is CC(N)C1(c2cccnc2)COC1. The van der Waals surface area contributed by atoms with Gasteiger partial charge in [0.1, 0.15) is 0 Å². The molecule has 2 N–H and O–H groups in total. The number of pyridine rings is 1. The molecular formula is C10H14N2O. The molecule has 1 saturated heterocycles. The molecule has 2 heterocycles. The zero-order valence-corrected chi connectivity index (χ0v) is 7.73. The summed E-state index contributed by atoms with van der Waals surface area (Å²) in [5, 5.41) is 0. The summed E-state index contributed by atoms with van der Waals surface area (Å²) in [6, 6.07) is 4.13. The Labute approximate surface area is 77.9 Å². The van der Waals surface area contributed by atoms with Crippen molar-refractivity contribution in [2.75, 3.05) is 13.2 Å². The highest BCUT2D eigenvalue weighted by Crippen LogP contribution is 2.34. The van der Waals surface area contributed by atoms with E-state index >= 15 is 0 Å². The third kappa shape index (κ3) is 1.24. The van der Waals surface area contributed by atoms with Crippen LogP contribution in [0, 0.1) is 0 Å². The summed E-state index contributed by atoms with van der Waals surface area (Å²) in [6.45, 7) is 3.46. The third-order valence-electron chi connectivity index (χ3n) is 2.83. The van der Waals surface area contributed by atoms with E-state index in [1.807, 2.05) is 19.2 Å². The van der Waals surface area contributed by atoms with Crippen molar-refractivity contribution in [2.24, 2.45) is 5.73 Å². The van der Waals surface area contributed by atoms with Gasteiger partial charge in [-0.3, -0.25) is 4.98 Å². The van der Waals surface area contributed by atoms with Gasteiger partial charge >= 0.3 is 0 Å². The fraction of sp³-hybridized carbons (Fsp3) is 0.500. The lowest BCUT2D eigenvalue weighted by atomic mass is 9.74. The molecule has 3 heteroatoms. The number of aromatic nitrogens is 1. The van der Waals surface area contributed by atoms with E-state index in [2.05, 4.69) is 11.1 Å². The molecule has 2 rings (SSSR count). The lowest BCUT2D eigenvalue weighted by Gasteiger charge is -2.44. The maximum Gasteiger partial charge on any atom is 0.0601 e. The van der Waals surface area contributed by atoms with E-state index < -0.39 is 0 Å². The van der Waals surface area contributed by atoms with Gasteiger partial charge in [0.2, 0.25) is 0 Å². The van der Waals surface area contributed by atoms with Crippen molar-refractivity contribution in [1.82, 2.24) is 4.98 Å². The van der Waals surface area contributed by atoms with Crippen LogP contribution in [0.15, 0.2) is 24.5 Å². The Hall–Kier alpha value is -0.930. The van der Waals surface area contributed by atoms with Crippen LogP contribution in [0.2, 0.25) is 0 Å². The van der Waals surface area contributed by atoms with E-state index in [4.69, 9.17) is 10.5 Å². The van der Waals surface area contributed by atoms with Crippen LogP contribution in [0.5, 0.6) is 0 Å². The summed E-state index contributed by atoms with van der Waals surface area (Å²) < 4.78 is 5.25. The molecule has 3 nitrogen and oxygen atoms in total.